The van der Waals surface area contributed by atoms with E-state index in [1.807, 2.05) is 0 Å². The zero-order chi connectivity index (χ0) is 9.42. The van der Waals surface area contributed by atoms with Gasteiger partial charge in [-0.15, -0.1) is 0 Å². The van der Waals surface area contributed by atoms with Gasteiger partial charge in [0, 0.05) is 17.5 Å². The highest BCUT2D eigenvalue weighted by Gasteiger charge is 2.26. The molecule has 0 saturated heterocycles. The van der Waals surface area contributed by atoms with Crippen molar-refractivity contribution >= 4 is 5.78 Å². The second-order valence-corrected chi connectivity index (χ2v) is 3.22. The Balaban J connectivity index is 2.63. The summed E-state index contributed by atoms with van der Waals surface area (Å²) in [6, 6.07) is 4.74. The number of phenols is 1. The molecule has 0 heterocycles. The summed E-state index contributed by atoms with van der Waals surface area (Å²) in [7, 11) is 0. The third-order valence-corrected chi connectivity index (χ3v) is 2.36. The molecule has 68 valence electrons. The fourth-order valence-electron chi connectivity index (χ4n) is 1.69. The van der Waals surface area contributed by atoms with Gasteiger partial charge in [0.1, 0.15) is 5.75 Å². The van der Waals surface area contributed by atoms with Crippen LogP contribution in [0.1, 0.15) is 34.9 Å². The Morgan fingerprint density at radius 3 is 2.85 bits per heavy atom. The number of aliphatic hydroxyl groups is 1. The predicted molar refractivity (Wildman–Crippen MR) is 46.6 cm³/mol. The van der Waals surface area contributed by atoms with E-state index in [0.717, 1.165) is 0 Å². The van der Waals surface area contributed by atoms with Crippen molar-refractivity contribution in [3.8, 4) is 5.75 Å². The molecular weight excluding hydrogens is 168 g/mol. The molecule has 3 heteroatoms. The predicted octanol–water partition coefficient (Wildman–Crippen LogP) is 1.40. The molecule has 1 unspecified atom stereocenters. The van der Waals surface area contributed by atoms with Gasteiger partial charge in [-0.2, -0.15) is 0 Å². The minimum atomic E-state index is -0.700. The van der Waals surface area contributed by atoms with Crippen LogP contribution in [0.5, 0.6) is 5.75 Å². The lowest BCUT2D eigenvalue weighted by Crippen LogP contribution is -2.15. The standard InChI is InChI=1S/C10H10O3/c11-7-4-5-9(13)10-6(7)2-1-3-8(10)12/h1-3,9,12-13H,4-5H2. The Labute approximate surface area is 75.6 Å². The number of rotatable bonds is 0. The number of carbonyl (C=O) groups excluding carboxylic acids is 1. The monoisotopic (exact) mass is 178 g/mol. The molecule has 2 N–H and O–H groups in total. The molecule has 1 aromatic rings. The quantitative estimate of drug-likeness (QED) is 0.631. The van der Waals surface area contributed by atoms with Gasteiger partial charge in [0.15, 0.2) is 5.78 Å². The fraction of sp³-hybridized carbons (Fsp3) is 0.300. The minimum absolute atomic E-state index is 0.00352. The first kappa shape index (κ1) is 8.26. The summed E-state index contributed by atoms with van der Waals surface area (Å²) in [5.74, 6) is 0.00856. The van der Waals surface area contributed by atoms with Crippen molar-refractivity contribution in [3.05, 3.63) is 29.3 Å². The number of aromatic hydroxyl groups is 1. The van der Waals surface area contributed by atoms with Gasteiger partial charge in [0.05, 0.1) is 6.10 Å². The first-order valence-corrected chi connectivity index (χ1v) is 4.23. The van der Waals surface area contributed by atoms with E-state index >= 15 is 0 Å². The van der Waals surface area contributed by atoms with Crippen LogP contribution in [-0.2, 0) is 0 Å². The zero-order valence-corrected chi connectivity index (χ0v) is 7.03. The van der Waals surface area contributed by atoms with Crippen molar-refractivity contribution in [1.29, 1.82) is 0 Å². The molecule has 3 nitrogen and oxygen atoms in total. The SMILES string of the molecule is O=C1CCC(O)c2c(O)cccc21. The van der Waals surface area contributed by atoms with E-state index < -0.39 is 6.10 Å². The molecule has 0 aromatic heterocycles. The van der Waals surface area contributed by atoms with Gasteiger partial charge in [-0.25, -0.2) is 0 Å². The molecule has 1 aromatic carbocycles. The van der Waals surface area contributed by atoms with Crippen LogP contribution in [0.15, 0.2) is 18.2 Å². The minimum Gasteiger partial charge on any atom is -0.508 e. The van der Waals surface area contributed by atoms with Crippen LogP contribution in [0.4, 0.5) is 0 Å². The Hall–Kier alpha value is -1.35. The first-order chi connectivity index (χ1) is 6.20. The summed E-state index contributed by atoms with van der Waals surface area (Å²) in [6.45, 7) is 0. The van der Waals surface area contributed by atoms with Gasteiger partial charge in [0.25, 0.3) is 0 Å². The van der Waals surface area contributed by atoms with E-state index in [4.69, 9.17) is 0 Å². The Bertz CT molecular complexity index is 357. The van der Waals surface area contributed by atoms with Crippen molar-refractivity contribution < 1.29 is 15.0 Å². The number of fused-ring (bicyclic) bond motifs is 1. The molecule has 1 atom stereocenters. The number of ketones is 1. The molecule has 13 heavy (non-hydrogen) atoms. The van der Waals surface area contributed by atoms with E-state index in [1.54, 1.807) is 12.1 Å². The number of Topliss-reactive ketones (excluding diaryl/α,β-unsaturated/α-hetero) is 1. The van der Waals surface area contributed by atoms with E-state index in [-0.39, 0.29) is 11.5 Å². The maximum atomic E-state index is 11.4. The van der Waals surface area contributed by atoms with Crippen molar-refractivity contribution in [2.75, 3.05) is 0 Å². The molecule has 0 radical (unpaired) electrons. The lowest BCUT2D eigenvalue weighted by Gasteiger charge is -2.20. The second-order valence-electron chi connectivity index (χ2n) is 3.22. The summed E-state index contributed by atoms with van der Waals surface area (Å²) in [5.41, 5.74) is 0.845. The smallest absolute Gasteiger partial charge is 0.163 e. The topological polar surface area (TPSA) is 57.5 Å². The number of hydrogen-bond donors (Lipinski definition) is 2. The fourth-order valence-corrected chi connectivity index (χ4v) is 1.69. The van der Waals surface area contributed by atoms with E-state index in [1.165, 1.54) is 6.07 Å². The van der Waals surface area contributed by atoms with Crippen LogP contribution in [0, 0.1) is 0 Å². The highest BCUT2D eigenvalue weighted by molar-refractivity contribution is 5.99. The third-order valence-electron chi connectivity index (χ3n) is 2.36. The summed E-state index contributed by atoms with van der Waals surface area (Å²) in [5, 5.41) is 19.0. The number of carbonyl (C=O) groups is 1. The molecule has 2 rings (SSSR count). The van der Waals surface area contributed by atoms with Crippen LogP contribution < -0.4 is 0 Å². The Morgan fingerprint density at radius 1 is 1.38 bits per heavy atom. The Kier molecular flexibility index (Phi) is 1.81. The van der Waals surface area contributed by atoms with E-state index in [9.17, 15) is 15.0 Å². The van der Waals surface area contributed by atoms with Crippen LogP contribution in [-0.4, -0.2) is 16.0 Å². The number of aliphatic hydroxyl groups excluding tert-OH is 1. The van der Waals surface area contributed by atoms with E-state index in [2.05, 4.69) is 0 Å². The number of phenolic OH excluding ortho intramolecular Hbond substituents is 1. The van der Waals surface area contributed by atoms with Crippen LogP contribution >= 0.6 is 0 Å². The van der Waals surface area contributed by atoms with Gasteiger partial charge in [0.2, 0.25) is 0 Å². The summed E-state index contributed by atoms with van der Waals surface area (Å²) < 4.78 is 0. The van der Waals surface area contributed by atoms with Gasteiger partial charge in [-0.05, 0) is 12.5 Å². The lowest BCUT2D eigenvalue weighted by molar-refractivity contribution is 0.0892. The summed E-state index contributed by atoms with van der Waals surface area (Å²) in [6.07, 6.45) is 0.0648. The highest BCUT2D eigenvalue weighted by atomic mass is 16.3. The summed E-state index contributed by atoms with van der Waals surface area (Å²) >= 11 is 0. The van der Waals surface area contributed by atoms with E-state index in [0.29, 0.717) is 24.0 Å². The molecule has 0 amide bonds. The summed E-state index contributed by atoms with van der Waals surface area (Å²) in [4.78, 5) is 11.4. The molecular formula is C10H10O3. The van der Waals surface area contributed by atoms with Gasteiger partial charge >= 0.3 is 0 Å². The maximum Gasteiger partial charge on any atom is 0.163 e. The van der Waals surface area contributed by atoms with Crippen LogP contribution in [0.25, 0.3) is 0 Å². The second kappa shape index (κ2) is 2.85. The third kappa shape index (κ3) is 1.21. The molecule has 1 aliphatic carbocycles. The largest absolute Gasteiger partial charge is 0.508 e. The molecule has 0 bridgehead atoms. The molecule has 0 aliphatic heterocycles. The van der Waals surface area contributed by atoms with Gasteiger partial charge in [-0.3, -0.25) is 4.79 Å². The Morgan fingerprint density at radius 2 is 2.15 bits per heavy atom. The average Bonchev–Trinajstić information content (AvgIpc) is 2.12. The normalized spacial score (nSPS) is 21.3. The zero-order valence-electron chi connectivity index (χ0n) is 7.03. The van der Waals surface area contributed by atoms with Gasteiger partial charge < -0.3 is 10.2 Å². The highest BCUT2D eigenvalue weighted by Crippen LogP contribution is 2.35. The van der Waals surface area contributed by atoms with Gasteiger partial charge in [-0.1, -0.05) is 12.1 Å². The average molecular weight is 178 g/mol. The number of hydrogen-bond acceptors (Lipinski definition) is 3. The molecule has 0 saturated carbocycles. The molecule has 0 fully saturated rings. The van der Waals surface area contributed by atoms with Crippen molar-refractivity contribution in [1.82, 2.24) is 0 Å². The van der Waals surface area contributed by atoms with Crippen LogP contribution in [0.2, 0.25) is 0 Å². The molecule has 0 spiro atoms. The van der Waals surface area contributed by atoms with Crippen LogP contribution in [0.3, 0.4) is 0 Å². The molecule has 1 aliphatic rings. The van der Waals surface area contributed by atoms with Crippen molar-refractivity contribution in [2.24, 2.45) is 0 Å². The maximum absolute atomic E-state index is 11.4. The van der Waals surface area contributed by atoms with Crippen molar-refractivity contribution in [2.45, 2.75) is 18.9 Å². The first-order valence-electron chi connectivity index (χ1n) is 4.23. The lowest BCUT2D eigenvalue weighted by atomic mass is 9.88. The number of benzene rings is 1. The van der Waals surface area contributed by atoms with Crippen molar-refractivity contribution in [3.63, 3.8) is 0 Å².